The van der Waals surface area contributed by atoms with E-state index in [0.29, 0.717) is 24.1 Å². The molecule has 0 unspecified atom stereocenters. The van der Waals surface area contributed by atoms with Crippen LogP contribution in [-0.4, -0.2) is 35.0 Å². The molecule has 1 aliphatic heterocycles. The van der Waals surface area contributed by atoms with Gasteiger partial charge in [-0.05, 0) is 76.5 Å². The summed E-state index contributed by atoms with van der Waals surface area (Å²) in [5, 5.41) is 1.22. The highest BCUT2D eigenvalue weighted by atomic mass is 32.1. The van der Waals surface area contributed by atoms with Crippen LogP contribution in [0.3, 0.4) is 0 Å². The Morgan fingerprint density at radius 1 is 1.14 bits per heavy atom. The Hall–Kier alpha value is -2.88. The van der Waals surface area contributed by atoms with Crippen LogP contribution in [0.15, 0.2) is 42.7 Å². The lowest BCUT2D eigenvalue weighted by Gasteiger charge is -2.27. The maximum absolute atomic E-state index is 6.15. The first-order valence-electron chi connectivity index (χ1n) is 12.6. The summed E-state index contributed by atoms with van der Waals surface area (Å²) in [5.74, 6) is 8.45. The maximum atomic E-state index is 6.15. The average molecular weight is 487 g/mol. The molecule has 1 aromatic carbocycles. The Balaban J connectivity index is 1.26. The second-order valence-corrected chi connectivity index (χ2v) is 11.3. The molecule has 2 aromatic heterocycles. The number of ether oxygens (including phenoxy) is 1. The second kappa shape index (κ2) is 10.4. The summed E-state index contributed by atoms with van der Waals surface area (Å²) in [6.07, 6.45) is 11.1. The fourth-order valence-corrected chi connectivity index (χ4v) is 6.04. The number of rotatable bonds is 5. The number of piperidine rings is 1. The molecule has 2 aliphatic rings. The SMILES string of the molecule is CN1CCC(c2ncc(-c3cnc(N)c(OCc4cccc(C#CC5(C)CCCC5)c4)c3)s2)CC1. The van der Waals surface area contributed by atoms with Crippen molar-refractivity contribution in [3.63, 3.8) is 0 Å². The number of benzene rings is 1. The molecule has 1 saturated carbocycles. The number of hydrogen-bond donors (Lipinski definition) is 1. The van der Waals surface area contributed by atoms with E-state index in [1.165, 1.54) is 43.5 Å². The molecule has 1 saturated heterocycles. The van der Waals surface area contributed by atoms with Gasteiger partial charge < -0.3 is 15.4 Å². The van der Waals surface area contributed by atoms with E-state index in [4.69, 9.17) is 15.5 Å². The molecule has 5 rings (SSSR count). The predicted octanol–water partition coefficient (Wildman–Crippen LogP) is 6.11. The molecule has 1 aliphatic carbocycles. The van der Waals surface area contributed by atoms with Gasteiger partial charge >= 0.3 is 0 Å². The third-order valence-corrected chi connectivity index (χ3v) is 8.50. The first-order valence-corrected chi connectivity index (χ1v) is 13.4. The van der Waals surface area contributed by atoms with Crippen molar-refractivity contribution < 1.29 is 4.74 Å². The van der Waals surface area contributed by atoms with Crippen LogP contribution in [0, 0.1) is 17.3 Å². The predicted molar refractivity (Wildman–Crippen MR) is 143 cm³/mol. The zero-order valence-electron chi connectivity index (χ0n) is 20.7. The van der Waals surface area contributed by atoms with Crippen LogP contribution >= 0.6 is 11.3 Å². The molecule has 182 valence electrons. The summed E-state index contributed by atoms with van der Waals surface area (Å²) < 4.78 is 6.12. The summed E-state index contributed by atoms with van der Waals surface area (Å²) in [6.45, 7) is 4.97. The number of anilines is 1. The Morgan fingerprint density at radius 3 is 2.74 bits per heavy atom. The van der Waals surface area contributed by atoms with E-state index in [-0.39, 0.29) is 5.41 Å². The number of pyridine rings is 1. The van der Waals surface area contributed by atoms with Crippen LogP contribution < -0.4 is 10.5 Å². The van der Waals surface area contributed by atoms with E-state index >= 15 is 0 Å². The fourth-order valence-electron chi connectivity index (χ4n) is 4.97. The van der Waals surface area contributed by atoms with Gasteiger partial charge in [-0.25, -0.2) is 9.97 Å². The van der Waals surface area contributed by atoms with E-state index in [0.717, 1.165) is 34.7 Å². The van der Waals surface area contributed by atoms with Crippen LogP contribution in [0.4, 0.5) is 5.82 Å². The van der Waals surface area contributed by atoms with Gasteiger partial charge in [-0.1, -0.05) is 36.8 Å². The molecule has 35 heavy (non-hydrogen) atoms. The Bertz CT molecular complexity index is 1230. The topological polar surface area (TPSA) is 64.3 Å². The number of thiazole rings is 1. The van der Waals surface area contributed by atoms with E-state index < -0.39 is 0 Å². The molecule has 6 heteroatoms. The maximum Gasteiger partial charge on any atom is 0.166 e. The molecule has 0 bridgehead atoms. The Labute approximate surface area is 212 Å². The van der Waals surface area contributed by atoms with Crippen molar-refractivity contribution in [3.8, 4) is 28.0 Å². The first kappa shape index (κ1) is 23.8. The van der Waals surface area contributed by atoms with Gasteiger partial charge in [0.15, 0.2) is 11.6 Å². The largest absolute Gasteiger partial charge is 0.485 e. The van der Waals surface area contributed by atoms with Gasteiger partial charge in [0.05, 0.1) is 9.88 Å². The summed E-state index contributed by atoms with van der Waals surface area (Å²) in [6, 6.07) is 10.3. The summed E-state index contributed by atoms with van der Waals surface area (Å²) in [7, 11) is 2.19. The average Bonchev–Trinajstić information content (AvgIpc) is 3.53. The monoisotopic (exact) mass is 486 g/mol. The van der Waals surface area contributed by atoms with Crippen LogP contribution in [-0.2, 0) is 6.61 Å². The van der Waals surface area contributed by atoms with Crippen molar-refractivity contribution in [1.82, 2.24) is 14.9 Å². The first-order chi connectivity index (χ1) is 17.0. The smallest absolute Gasteiger partial charge is 0.166 e. The minimum Gasteiger partial charge on any atom is -0.485 e. The van der Waals surface area contributed by atoms with Crippen LogP contribution in [0.2, 0.25) is 0 Å². The summed E-state index contributed by atoms with van der Waals surface area (Å²) in [4.78, 5) is 12.6. The number of aromatic nitrogens is 2. The standard InChI is InChI=1S/C29H34N4OS/c1-29(11-3-4-12-29)13-8-21-6-5-7-22(16-21)20-34-25-17-24(18-31-27(25)30)26-19-32-28(35-26)23-9-14-33(2)15-10-23/h5-7,16-19,23H,3-4,9-12,14-15,20H2,1-2H3,(H2,30,31). The van der Waals surface area contributed by atoms with Crippen LogP contribution in [0.5, 0.6) is 5.75 Å². The quantitative estimate of drug-likeness (QED) is 0.441. The second-order valence-electron chi connectivity index (χ2n) is 10.3. The van der Waals surface area contributed by atoms with Gasteiger partial charge in [0.2, 0.25) is 0 Å². The molecular formula is C29H34N4OS. The summed E-state index contributed by atoms with van der Waals surface area (Å²) >= 11 is 1.76. The lowest BCUT2D eigenvalue weighted by atomic mass is 9.89. The van der Waals surface area contributed by atoms with Gasteiger partial charge in [-0.2, -0.15) is 0 Å². The molecule has 0 spiro atoms. The number of nitrogens with zero attached hydrogens (tertiary/aromatic N) is 3. The zero-order chi connectivity index (χ0) is 24.3. The third kappa shape index (κ3) is 5.86. The van der Waals surface area contributed by atoms with Gasteiger partial charge in [0.1, 0.15) is 6.61 Å². The molecule has 3 aromatic rings. The van der Waals surface area contributed by atoms with Crippen molar-refractivity contribution in [3.05, 3.63) is 58.9 Å². The van der Waals surface area contributed by atoms with Crippen molar-refractivity contribution in [2.75, 3.05) is 25.9 Å². The highest BCUT2D eigenvalue weighted by molar-refractivity contribution is 7.15. The number of nitrogens with two attached hydrogens (primary N) is 1. The zero-order valence-corrected chi connectivity index (χ0v) is 21.5. The molecular weight excluding hydrogens is 452 g/mol. The Morgan fingerprint density at radius 2 is 1.94 bits per heavy atom. The van der Waals surface area contributed by atoms with Crippen molar-refractivity contribution >= 4 is 17.2 Å². The number of likely N-dealkylation sites (tertiary alicyclic amines) is 1. The van der Waals surface area contributed by atoms with Gasteiger partial charge in [-0.15, -0.1) is 11.3 Å². The lowest BCUT2D eigenvalue weighted by molar-refractivity contribution is 0.255. The van der Waals surface area contributed by atoms with Gasteiger partial charge in [0.25, 0.3) is 0 Å². The van der Waals surface area contributed by atoms with Crippen LogP contribution in [0.25, 0.3) is 10.4 Å². The van der Waals surface area contributed by atoms with Crippen molar-refractivity contribution in [1.29, 1.82) is 0 Å². The van der Waals surface area contributed by atoms with Gasteiger partial charge in [0, 0.05) is 34.9 Å². The van der Waals surface area contributed by atoms with E-state index in [1.54, 1.807) is 11.3 Å². The molecule has 2 N–H and O–H groups in total. The fraction of sp³-hybridized carbons (Fsp3) is 0.448. The number of nitrogen functional groups attached to an aromatic ring is 1. The minimum atomic E-state index is 0.164. The van der Waals surface area contributed by atoms with Crippen molar-refractivity contribution in [2.45, 2.75) is 58.0 Å². The Kier molecular flexibility index (Phi) is 7.08. The van der Waals surface area contributed by atoms with Crippen molar-refractivity contribution in [2.24, 2.45) is 5.41 Å². The number of hydrogen-bond acceptors (Lipinski definition) is 6. The molecule has 3 heterocycles. The summed E-state index contributed by atoms with van der Waals surface area (Å²) in [5.41, 5.74) is 9.42. The molecule has 5 nitrogen and oxygen atoms in total. The minimum absolute atomic E-state index is 0.164. The molecule has 0 radical (unpaired) electrons. The lowest BCUT2D eigenvalue weighted by Crippen LogP contribution is -2.29. The highest BCUT2D eigenvalue weighted by Gasteiger charge is 2.26. The third-order valence-electron chi connectivity index (χ3n) is 7.29. The van der Waals surface area contributed by atoms with Gasteiger partial charge in [-0.3, -0.25) is 0 Å². The van der Waals surface area contributed by atoms with Crippen LogP contribution in [0.1, 0.15) is 67.5 Å². The highest BCUT2D eigenvalue weighted by Crippen LogP contribution is 2.37. The van der Waals surface area contributed by atoms with E-state index in [9.17, 15) is 0 Å². The van der Waals surface area contributed by atoms with E-state index in [1.807, 2.05) is 24.5 Å². The molecule has 2 fully saturated rings. The molecule has 0 atom stereocenters. The normalized spacial score (nSPS) is 18.2. The van der Waals surface area contributed by atoms with E-state index in [2.05, 4.69) is 53.9 Å². The molecule has 0 amide bonds.